The molecule has 0 N–H and O–H groups in total. The van der Waals surface area contributed by atoms with E-state index in [2.05, 4.69) is 138 Å². The van der Waals surface area contributed by atoms with Crippen molar-refractivity contribution in [1.82, 2.24) is 19.9 Å². The van der Waals surface area contributed by atoms with E-state index < -0.39 is 0 Å². The predicted octanol–water partition coefficient (Wildman–Crippen LogP) is 9.46. The van der Waals surface area contributed by atoms with Crippen LogP contribution in [0.5, 0.6) is 0 Å². The number of nitrogens with zero attached hydrogens (tertiary/aromatic N) is 4. The van der Waals surface area contributed by atoms with Crippen molar-refractivity contribution in [2.75, 3.05) is 0 Å². The minimum absolute atomic E-state index is 0.0728. The van der Waals surface area contributed by atoms with E-state index in [4.69, 9.17) is 19.9 Å². The Labute approximate surface area is 247 Å². The van der Waals surface area contributed by atoms with E-state index in [9.17, 15) is 0 Å². The summed E-state index contributed by atoms with van der Waals surface area (Å²) in [6, 6.07) is 19.7. The molecule has 0 saturated heterocycles. The lowest BCUT2D eigenvalue weighted by Gasteiger charge is -2.44. The number of aromatic nitrogens is 4. The van der Waals surface area contributed by atoms with E-state index in [0.717, 1.165) is 39.9 Å². The maximum atomic E-state index is 4.90. The fourth-order valence-electron chi connectivity index (χ4n) is 5.94. The van der Waals surface area contributed by atoms with Crippen LogP contribution in [0.1, 0.15) is 106 Å². The van der Waals surface area contributed by atoms with Crippen molar-refractivity contribution in [3.8, 4) is 33.8 Å². The number of pyridine rings is 1. The molecule has 0 fully saturated rings. The summed E-state index contributed by atoms with van der Waals surface area (Å²) in [5.74, 6) is 2.36. The van der Waals surface area contributed by atoms with Gasteiger partial charge in [-0.15, -0.1) is 0 Å². The second kappa shape index (κ2) is 9.31. The smallest absolute Gasteiger partial charge is 0.163 e. The van der Waals surface area contributed by atoms with Crippen molar-refractivity contribution < 1.29 is 0 Å². The fraction of sp³-hybridized carbons (Fsp3) is 0.459. The molecule has 2 heterocycles. The Morgan fingerprint density at radius 1 is 0.512 bits per heavy atom. The Bertz CT molecular complexity index is 1560. The second-order valence-electron chi connectivity index (χ2n) is 15.5. The summed E-state index contributed by atoms with van der Waals surface area (Å²) in [5, 5.41) is 0. The van der Waals surface area contributed by atoms with Gasteiger partial charge in [0.15, 0.2) is 5.82 Å². The highest BCUT2D eigenvalue weighted by Gasteiger charge is 2.56. The first-order valence-electron chi connectivity index (χ1n) is 14.8. The van der Waals surface area contributed by atoms with E-state index in [-0.39, 0.29) is 27.1 Å². The van der Waals surface area contributed by atoms with Gasteiger partial charge in [0, 0.05) is 33.7 Å². The number of rotatable bonds is 3. The van der Waals surface area contributed by atoms with Gasteiger partial charge >= 0.3 is 0 Å². The summed E-state index contributed by atoms with van der Waals surface area (Å²) < 4.78 is 0. The van der Waals surface area contributed by atoms with Gasteiger partial charge in [-0.25, -0.2) is 15.0 Å². The molecule has 2 aromatic heterocycles. The average Bonchev–Trinajstić information content (AvgIpc) is 3.01. The molecule has 214 valence electrons. The molecule has 4 nitrogen and oxygen atoms in total. The minimum atomic E-state index is -0.161. The van der Waals surface area contributed by atoms with Crippen LogP contribution in [0.15, 0.2) is 60.8 Å². The van der Waals surface area contributed by atoms with Gasteiger partial charge in [0.25, 0.3) is 0 Å². The molecule has 1 aliphatic rings. The van der Waals surface area contributed by atoms with Gasteiger partial charge in [-0.3, -0.25) is 4.98 Å². The highest BCUT2D eigenvalue weighted by Crippen LogP contribution is 2.61. The summed E-state index contributed by atoms with van der Waals surface area (Å²) in [4.78, 5) is 19.4. The van der Waals surface area contributed by atoms with Gasteiger partial charge in [-0.2, -0.15) is 0 Å². The molecule has 4 aromatic rings. The lowest BCUT2D eigenvalue weighted by Crippen LogP contribution is -2.42. The molecule has 0 unspecified atom stereocenters. The molecule has 0 spiro atoms. The Morgan fingerprint density at radius 3 is 1.51 bits per heavy atom. The molecule has 0 atom stereocenters. The highest BCUT2D eigenvalue weighted by molar-refractivity contribution is 5.70. The van der Waals surface area contributed by atoms with Gasteiger partial charge in [0.05, 0.1) is 5.69 Å². The van der Waals surface area contributed by atoms with Gasteiger partial charge < -0.3 is 0 Å². The molecule has 0 aliphatic heterocycles. The molecule has 0 saturated carbocycles. The zero-order valence-corrected chi connectivity index (χ0v) is 27.1. The standard InChI is InChI=1S/C37H46N4/c1-33(2,3)31-39-30(40-32(41-31)34(4,5)6)24-15-13-23(14-16-24)26-18-20-29(38-22-26)25-17-19-27-28(21-25)36(9,10)37(11,12)35(27,7)8/h13-22H,1-12H3. The van der Waals surface area contributed by atoms with Gasteiger partial charge in [-0.05, 0) is 45.1 Å². The maximum absolute atomic E-state index is 4.90. The van der Waals surface area contributed by atoms with Crippen molar-refractivity contribution in [2.45, 2.75) is 105 Å². The molecule has 0 radical (unpaired) electrons. The van der Waals surface area contributed by atoms with Crippen molar-refractivity contribution in [1.29, 1.82) is 0 Å². The van der Waals surface area contributed by atoms with E-state index in [1.54, 1.807) is 0 Å². The number of hydrogen-bond donors (Lipinski definition) is 0. The Hall–Kier alpha value is -3.40. The first-order chi connectivity index (χ1) is 18.8. The summed E-state index contributed by atoms with van der Waals surface area (Å²) in [6.07, 6.45) is 1.98. The van der Waals surface area contributed by atoms with Crippen LogP contribution in [0.4, 0.5) is 0 Å². The van der Waals surface area contributed by atoms with Crippen molar-refractivity contribution in [3.05, 3.63) is 83.6 Å². The van der Waals surface area contributed by atoms with Crippen LogP contribution in [-0.2, 0) is 21.7 Å². The maximum Gasteiger partial charge on any atom is 0.163 e. The second-order valence-corrected chi connectivity index (χ2v) is 15.5. The summed E-state index contributed by atoms with van der Waals surface area (Å²) >= 11 is 0. The van der Waals surface area contributed by atoms with Crippen LogP contribution in [-0.4, -0.2) is 19.9 Å². The molecule has 0 amide bonds. The molecule has 0 bridgehead atoms. The molecular formula is C37H46N4. The SMILES string of the molecule is CC(C)(C)c1nc(-c2ccc(-c3ccc(-c4ccc5c(c4)C(C)(C)C(C)(C)C5(C)C)nc3)cc2)nc(C(C)(C)C)n1. The third-order valence-corrected chi connectivity index (χ3v) is 10.0. The molecular weight excluding hydrogens is 500 g/mol. The normalized spacial score (nSPS) is 17.4. The summed E-state index contributed by atoms with van der Waals surface area (Å²) in [5.41, 5.74) is 8.27. The first-order valence-corrected chi connectivity index (χ1v) is 14.8. The zero-order chi connectivity index (χ0) is 30.2. The van der Waals surface area contributed by atoms with Gasteiger partial charge in [0.2, 0.25) is 0 Å². The van der Waals surface area contributed by atoms with Crippen LogP contribution < -0.4 is 0 Å². The van der Waals surface area contributed by atoms with Crippen LogP contribution in [0.25, 0.3) is 33.8 Å². The number of benzene rings is 2. The molecule has 41 heavy (non-hydrogen) atoms. The van der Waals surface area contributed by atoms with Crippen LogP contribution in [0.2, 0.25) is 0 Å². The van der Waals surface area contributed by atoms with Crippen LogP contribution in [0.3, 0.4) is 0 Å². The predicted molar refractivity (Wildman–Crippen MR) is 171 cm³/mol. The fourth-order valence-corrected chi connectivity index (χ4v) is 5.94. The lowest BCUT2D eigenvalue weighted by atomic mass is 9.59. The number of hydrogen-bond acceptors (Lipinski definition) is 4. The Morgan fingerprint density at radius 2 is 1.00 bits per heavy atom. The lowest BCUT2D eigenvalue weighted by molar-refractivity contribution is 0.125. The summed E-state index contributed by atoms with van der Waals surface area (Å²) in [6.45, 7) is 27.2. The van der Waals surface area contributed by atoms with E-state index in [0.29, 0.717) is 0 Å². The molecule has 1 aliphatic carbocycles. The van der Waals surface area contributed by atoms with E-state index >= 15 is 0 Å². The van der Waals surface area contributed by atoms with E-state index in [1.807, 2.05) is 6.20 Å². The Balaban J connectivity index is 1.44. The molecule has 5 rings (SSSR count). The average molecular weight is 547 g/mol. The third kappa shape index (κ3) is 4.79. The number of fused-ring (bicyclic) bond motifs is 1. The van der Waals surface area contributed by atoms with Gasteiger partial charge in [0.1, 0.15) is 11.6 Å². The van der Waals surface area contributed by atoms with Crippen molar-refractivity contribution in [3.63, 3.8) is 0 Å². The van der Waals surface area contributed by atoms with Crippen LogP contribution >= 0.6 is 0 Å². The Kier molecular flexibility index (Phi) is 6.61. The zero-order valence-electron chi connectivity index (χ0n) is 27.1. The summed E-state index contributed by atoms with van der Waals surface area (Å²) in [7, 11) is 0. The minimum Gasteiger partial charge on any atom is -0.256 e. The quantitative estimate of drug-likeness (QED) is 0.257. The molecule has 4 heteroatoms. The van der Waals surface area contributed by atoms with E-state index in [1.165, 1.54) is 16.7 Å². The van der Waals surface area contributed by atoms with Gasteiger partial charge in [-0.1, -0.05) is 126 Å². The van der Waals surface area contributed by atoms with Crippen LogP contribution in [0, 0.1) is 5.41 Å². The van der Waals surface area contributed by atoms with Crippen molar-refractivity contribution >= 4 is 0 Å². The topological polar surface area (TPSA) is 51.6 Å². The van der Waals surface area contributed by atoms with Crippen molar-refractivity contribution in [2.24, 2.45) is 5.41 Å². The third-order valence-electron chi connectivity index (χ3n) is 10.0. The first kappa shape index (κ1) is 29.1. The molecule has 2 aromatic carbocycles. The largest absolute Gasteiger partial charge is 0.256 e. The monoisotopic (exact) mass is 546 g/mol. The highest BCUT2D eigenvalue weighted by atomic mass is 15.1.